The molecule has 0 aliphatic heterocycles. The monoisotopic (exact) mass is 303 g/mol. The molecule has 108 valence electrons. The Hall–Kier alpha value is -2.19. The molecular weight excluding hydrogens is 289 g/mol. The topological polar surface area (TPSA) is 57.9 Å². The van der Waals surface area contributed by atoms with Crippen LogP contribution in [0.4, 0.5) is 4.39 Å². The summed E-state index contributed by atoms with van der Waals surface area (Å²) in [5.74, 6) is -1.32. The minimum atomic E-state index is -3.50. The van der Waals surface area contributed by atoms with Gasteiger partial charge in [0.05, 0.1) is 17.1 Å². The molecule has 0 saturated heterocycles. The van der Waals surface area contributed by atoms with Crippen LogP contribution in [-0.2, 0) is 21.3 Å². The third-order valence-corrected chi connectivity index (χ3v) is 4.57. The molecule has 0 saturated carbocycles. The first-order valence-corrected chi connectivity index (χ1v) is 8.17. The predicted octanol–water partition coefficient (Wildman–Crippen LogP) is 3.12. The maximum Gasteiger partial charge on any atom is 0.158 e. The Morgan fingerprint density at radius 3 is 2.52 bits per heavy atom. The van der Waals surface area contributed by atoms with Crippen molar-refractivity contribution >= 4 is 9.84 Å². The van der Waals surface area contributed by atoms with Gasteiger partial charge in [0.25, 0.3) is 0 Å². The van der Waals surface area contributed by atoms with E-state index in [4.69, 9.17) is 5.26 Å². The Kier molecular flexibility index (Phi) is 4.39. The predicted molar refractivity (Wildman–Crippen MR) is 78.6 cm³/mol. The van der Waals surface area contributed by atoms with Gasteiger partial charge in [0.1, 0.15) is 11.9 Å². The van der Waals surface area contributed by atoms with Gasteiger partial charge in [-0.15, -0.1) is 0 Å². The van der Waals surface area contributed by atoms with Gasteiger partial charge in [-0.05, 0) is 18.6 Å². The zero-order valence-corrected chi connectivity index (χ0v) is 12.3. The van der Waals surface area contributed by atoms with Crippen LogP contribution in [0.15, 0.2) is 42.5 Å². The van der Waals surface area contributed by atoms with E-state index in [0.29, 0.717) is 5.56 Å². The molecule has 21 heavy (non-hydrogen) atoms. The highest BCUT2D eigenvalue weighted by Crippen LogP contribution is 2.18. The second kappa shape index (κ2) is 6.06. The summed E-state index contributed by atoms with van der Waals surface area (Å²) in [5, 5.41) is 8.77. The Morgan fingerprint density at radius 1 is 1.14 bits per heavy atom. The first-order chi connectivity index (χ1) is 9.91. The molecule has 0 amide bonds. The molecular formula is C16H14FNO2S. The van der Waals surface area contributed by atoms with Gasteiger partial charge < -0.3 is 0 Å². The van der Waals surface area contributed by atoms with E-state index in [1.54, 1.807) is 24.3 Å². The lowest BCUT2D eigenvalue weighted by molar-refractivity contribution is 0.585. The van der Waals surface area contributed by atoms with Crippen LogP contribution in [0, 0.1) is 24.1 Å². The quantitative estimate of drug-likeness (QED) is 0.872. The first-order valence-electron chi connectivity index (χ1n) is 6.35. The van der Waals surface area contributed by atoms with Crippen LogP contribution in [0.25, 0.3) is 0 Å². The van der Waals surface area contributed by atoms with Crippen LogP contribution in [0.1, 0.15) is 22.3 Å². The average Bonchev–Trinajstić information content (AvgIpc) is 2.40. The molecule has 0 heterocycles. The fraction of sp³-hybridized carbons (Fsp3) is 0.188. The van der Waals surface area contributed by atoms with Gasteiger partial charge in [0.15, 0.2) is 9.84 Å². The standard InChI is InChI=1S/C16H14FNO2S/c1-12-4-2-5-13(8-12)10-21(19,20)11-15-7-3-6-14(9-18)16(15)17/h2-8H,10-11H2,1H3. The Balaban J connectivity index is 2.24. The third-order valence-electron chi connectivity index (χ3n) is 3.04. The Bertz CT molecular complexity index is 807. The summed E-state index contributed by atoms with van der Waals surface area (Å²) in [6.07, 6.45) is 0. The molecule has 0 aromatic heterocycles. The van der Waals surface area contributed by atoms with Crippen LogP contribution in [0.3, 0.4) is 0 Å². The van der Waals surface area contributed by atoms with Gasteiger partial charge in [-0.3, -0.25) is 0 Å². The van der Waals surface area contributed by atoms with Crippen molar-refractivity contribution in [2.24, 2.45) is 0 Å². The van der Waals surface area contributed by atoms with Crippen LogP contribution in [0.2, 0.25) is 0 Å². The molecule has 2 aromatic carbocycles. The van der Waals surface area contributed by atoms with E-state index in [0.717, 1.165) is 5.56 Å². The molecule has 5 heteroatoms. The van der Waals surface area contributed by atoms with Crippen LogP contribution >= 0.6 is 0 Å². The minimum Gasteiger partial charge on any atom is -0.228 e. The summed E-state index contributed by atoms with van der Waals surface area (Å²) in [6.45, 7) is 1.88. The summed E-state index contributed by atoms with van der Waals surface area (Å²) in [4.78, 5) is 0. The number of hydrogen-bond donors (Lipinski definition) is 0. The van der Waals surface area contributed by atoms with Gasteiger partial charge in [0.2, 0.25) is 0 Å². The lowest BCUT2D eigenvalue weighted by Gasteiger charge is -2.07. The molecule has 0 N–H and O–H groups in total. The van der Waals surface area contributed by atoms with E-state index >= 15 is 0 Å². The number of halogens is 1. The van der Waals surface area contributed by atoms with Gasteiger partial charge in [-0.2, -0.15) is 5.26 Å². The molecule has 2 aromatic rings. The summed E-state index contributed by atoms with van der Waals surface area (Å²) in [5.41, 5.74) is 1.53. The molecule has 3 nitrogen and oxygen atoms in total. The van der Waals surface area contributed by atoms with Crippen molar-refractivity contribution in [1.82, 2.24) is 0 Å². The highest BCUT2D eigenvalue weighted by atomic mass is 32.2. The molecule has 0 radical (unpaired) electrons. The number of nitrogens with zero attached hydrogens (tertiary/aromatic N) is 1. The number of benzene rings is 2. The molecule has 0 aliphatic carbocycles. The summed E-state index contributed by atoms with van der Waals surface area (Å²) >= 11 is 0. The lowest BCUT2D eigenvalue weighted by Crippen LogP contribution is -2.09. The molecule has 0 atom stereocenters. The van der Waals surface area contributed by atoms with E-state index in [2.05, 4.69) is 0 Å². The number of sulfone groups is 1. The van der Waals surface area contributed by atoms with Crippen molar-refractivity contribution in [2.75, 3.05) is 0 Å². The first kappa shape index (κ1) is 15.2. The van der Waals surface area contributed by atoms with Crippen molar-refractivity contribution in [1.29, 1.82) is 5.26 Å². The van der Waals surface area contributed by atoms with Crippen molar-refractivity contribution in [2.45, 2.75) is 18.4 Å². The largest absolute Gasteiger partial charge is 0.228 e. The number of hydrogen-bond acceptors (Lipinski definition) is 3. The zero-order valence-electron chi connectivity index (χ0n) is 11.5. The van der Waals surface area contributed by atoms with E-state index in [9.17, 15) is 12.8 Å². The highest BCUT2D eigenvalue weighted by Gasteiger charge is 2.17. The van der Waals surface area contributed by atoms with Crippen LogP contribution in [0.5, 0.6) is 0 Å². The van der Waals surface area contributed by atoms with Crippen molar-refractivity contribution in [3.8, 4) is 6.07 Å². The van der Waals surface area contributed by atoms with Crippen molar-refractivity contribution in [3.63, 3.8) is 0 Å². The van der Waals surface area contributed by atoms with Gasteiger partial charge in [-0.1, -0.05) is 42.0 Å². The van der Waals surface area contributed by atoms with Gasteiger partial charge in [0, 0.05) is 5.56 Å². The molecule has 0 aliphatic rings. The normalized spacial score (nSPS) is 11.1. The summed E-state index contributed by atoms with van der Waals surface area (Å²) < 4.78 is 38.3. The Labute approximate surface area is 123 Å². The van der Waals surface area contributed by atoms with Crippen LogP contribution < -0.4 is 0 Å². The Morgan fingerprint density at radius 2 is 1.86 bits per heavy atom. The van der Waals surface area contributed by atoms with Crippen molar-refractivity contribution in [3.05, 3.63) is 70.5 Å². The summed E-state index contributed by atoms with van der Waals surface area (Å²) in [7, 11) is -3.50. The fourth-order valence-electron chi connectivity index (χ4n) is 2.12. The highest BCUT2D eigenvalue weighted by molar-refractivity contribution is 7.89. The molecule has 0 bridgehead atoms. The van der Waals surface area contributed by atoms with E-state index in [-0.39, 0.29) is 16.9 Å². The fourth-order valence-corrected chi connectivity index (χ4v) is 3.61. The number of nitriles is 1. The van der Waals surface area contributed by atoms with Crippen molar-refractivity contribution < 1.29 is 12.8 Å². The maximum atomic E-state index is 13.9. The number of aryl methyl sites for hydroxylation is 1. The minimum absolute atomic E-state index is 0.0294. The maximum absolute atomic E-state index is 13.9. The molecule has 0 fully saturated rings. The van der Waals surface area contributed by atoms with Crippen LogP contribution in [-0.4, -0.2) is 8.42 Å². The summed E-state index contributed by atoms with van der Waals surface area (Å²) in [6, 6.07) is 13.1. The molecule has 0 spiro atoms. The second-order valence-electron chi connectivity index (χ2n) is 4.91. The molecule has 0 unspecified atom stereocenters. The molecule has 2 rings (SSSR count). The van der Waals surface area contributed by atoms with E-state index < -0.39 is 21.4 Å². The average molecular weight is 303 g/mol. The SMILES string of the molecule is Cc1cccc(CS(=O)(=O)Cc2cccc(C#N)c2F)c1. The second-order valence-corrected chi connectivity index (χ2v) is 6.98. The zero-order chi connectivity index (χ0) is 15.5. The lowest BCUT2D eigenvalue weighted by atomic mass is 10.1. The van der Waals surface area contributed by atoms with Gasteiger partial charge >= 0.3 is 0 Å². The smallest absolute Gasteiger partial charge is 0.158 e. The van der Waals surface area contributed by atoms with E-state index in [1.807, 2.05) is 13.0 Å². The number of rotatable bonds is 4. The van der Waals surface area contributed by atoms with Gasteiger partial charge in [-0.25, -0.2) is 12.8 Å². The third kappa shape index (κ3) is 3.89. The van der Waals surface area contributed by atoms with E-state index in [1.165, 1.54) is 18.2 Å².